The number of hydrogen-bond donors (Lipinski definition) is 1. The average Bonchev–Trinajstić information content (AvgIpc) is 3.09. The molecule has 1 N–H and O–H groups in total. The summed E-state index contributed by atoms with van der Waals surface area (Å²) in [5, 5.41) is 3.99. The van der Waals surface area contributed by atoms with E-state index in [9.17, 15) is 4.79 Å². The molecule has 134 valence electrons. The Balaban J connectivity index is 1.71. The van der Waals surface area contributed by atoms with Crippen LogP contribution in [-0.2, 0) is 14.3 Å². The van der Waals surface area contributed by atoms with Gasteiger partial charge in [-0.25, -0.2) is 0 Å². The Hall–Kier alpha value is -1.36. The van der Waals surface area contributed by atoms with Gasteiger partial charge in [-0.3, -0.25) is 4.79 Å². The van der Waals surface area contributed by atoms with Crippen LogP contribution in [0.3, 0.4) is 0 Å². The highest BCUT2D eigenvalue weighted by molar-refractivity contribution is 6.31. The van der Waals surface area contributed by atoms with Gasteiger partial charge in [0.15, 0.2) is 5.79 Å². The highest BCUT2D eigenvalue weighted by atomic mass is 35.5. The van der Waals surface area contributed by atoms with Gasteiger partial charge in [-0.15, -0.1) is 0 Å². The Morgan fingerprint density at radius 2 is 1.56 bits per heavy atom. The monoisotopic (exact) mass is 361 g/mol. The zero-order valence-electron chi connectivity index (χ0n) is 15.0. The number of halogens is 1. The molecule has 25 heavy (non-hydrogen) atoms. The van der Waals surface area contributed by atoms with Crippen LogP contribution in [0.15, 0.2) is 17.7 Å². The van der Waals surface area contributed by atoms with Crippen molar-refractivity contribution in [2.75, 3.05) is 13.2 Å². The van der Waals surface area contributed by atoms with Crippen molar-refractivity contribution < 1.29 is 14.3 Å². The summed E-state index contributed by atoms with van der Waals surface area (Å²) in [7, 11) is 0. The molecule has 2 aliphatic heterocycles. The second-order valence-electron chi connectivity index (χ2n) is 7.56. The maximum atomic E-state index is 12.9. The highest BCUT2D eigenvalue weighted by Crippen LogP contribution is 2.48. The summed E-state index contributed by atoms with van der Waals surface area (Å²) in [6, 6.07) is 3.86. The van der Waals surface area contributed by atoms with Crippen molar-refractivity contribution in [3.05, 3.63) is 39.4 Å². The first kappa shape index (κ1) is 17.1. The van der Waals surface area contributed by atoms with Crippen molar-refractivity contribution >= 4 is 23.1 Å². The molecule has 0 unspecified atom stereocenters. The molecule has 2 heterocycles. The van der Waals surface area contributed by atoms with Crippen LogP contribution in [0, 0.1) is 13.8 Å². The fourth-order valence-corrected chi connectivity index (χ4v) is 5.06. The first-order valence-electron chi connectivity index (χ1n) is 8.95. The van der Waals surface area contributed by atoms with Gasteiger partial charge in [0.25, 0.3) is 5.91 Å². The van der Waals surface area contributed by atoms with E-state index in [1.165, 1.54) is 0 Å². The smallest absolute Gasteiger partial charge is 0.252 e. The minimum Gasteiger partial charge on any atom is -0.348 e. The predicted molar refractivity (Wildman–Crippen MR) is 97.5 cm³/mol. The van der Waals surface area contributed by atoms with E-state index in [2.05, 4.69) is 12.2 Å². The summed E-state index contributed by atoms with van der Waals surface area (Å²) in [5.74, 6) is -0.402. The lowest BCUT2D eigenvalue weighted by Crippen LogP contribution is -2.51. The van der Waals surface area contributed by atoms with Crippen molar-refractivity contribution in [1.29, 1.82) is 0 Å². The maximum absolute atomic E-state index is 12.9. The standard InChI is InChI=1S/C20H24ClNO3/c1-12-10-15(21)11-13(2)16(12)17-14(3)19(22-18(17)23)4-6-20(7-5-19)24-8-9-25-20/h10-11H,4-9H2,1-3H3,(H,22,23). The summed E-state index contributed by atoms with van der Waals surface area (Å²) in [6.45, 7) is 7.46. The van der Waals surface area contributed by atoms with Gasteiger partial charge in [0, 0.05) is 23.4 Å². The molecule has 1 saturated heterocycles. The molecule has 1 aromatic rings. The van der Waals surface area contributed by atoms with Crippen LogP contribution < -0.4 is 5.32 Å². The van der Waals surface area contributed by atoms with Crippen molar-refractivity contribution in [1.82, 2.24) is 5.32 Å². The lowest BCUT2D eigenvalue weighted by atomic mass is 9.74. The van der Waals surface area contributed by atoms with Gasteiger partial charge in [0.05, 0.1) is 18.8 Å². The molecule has 2 spiro atoms. The Bertz CT molecular complexity index is 744. The van der Waals surface area contributed by atoms with Gasteiger partial charge in [-0.1, -0.05) is 11.6 Å². The van der Waals surface area contributed by atoms with Crippen molar-refractivity contribution in [3.8, 4) is 0 Å². The summed E-state index contributed by atoms with van der Waals surface area (Å²) < 4.78 is 11.7. The molecule has 1 aliphatic carbocycles. The Kier molecular flexibility index (Phi) is 3.98. The first-order valence-corrected chi connectivity index (χ1v) is 9.33. The number of carbonyl (C=O) groups is 1. The molecular formula is C20H24ClNO3. The number of aryl methyl sites for hydroxylation is 2. The van der Waals surface area contributed by atoms with Gasteiger partial charge >= 0.3 is 0 Å². The van der Waals surface area contributed by atoms with Gasteiger partial charge in [0.2, 0.25) is 0 Å². The molecular weight excluding hydrogens is 338 g/mol. The average molecular weight is 362 g/mol. The molecule has 0 aromatic heterocycles. The molecule has 1 aromatic carbocycles. The van der Waals surface area contributed by atoms with Crippen LogP contribution in [0.5, 0.6) is 0 Å². The van der Waals surface area contributed by atoms with Crippen LogP contribution in [0.1, 0.15) is 49.3 Å². The molecule has 0 bridgehead atoms. The lowest BCUT2D eigenvalue weighted by molar-refractivity contribution is -0.184. The van der Waals surface area contributed by atoms with Crippen molar-refractivity contribution in [3.63, 3.8) is 0 Å². The fraction of sp³-hybridized carbons (Fsp3) is 0.550. The number of ether oxygens (including phenoxy) is 2. The van der Waals surface area contributed by atoms with Gasteiger partial charge in [0.1, 0.15) is 0 Å². The Morgan fingerprint density at radius 1 is 1.00 bits per heavy atom. The molecule has 4 rings (SSSR count). The van der Waals surface area contributed by atoms with Crippen LogP contribution in [-0.4, -0.2) is 30.4 Å². The third-order valence-electron chi connectivity index (χ3n) is 6.10. The summed E-state index contributed by atoms with van der Waals surface area (Å²) in [6.07, 6.45) is 3.33. The van der Waals surface area contributed by atoms with E-state index in [1.54, 1.807) is 0 Å². The topological polar surface area (TPSA) is 47.6 Å². The summed E-state index contributed by atoms with van der Waals surface area (Å²) >= 11 is 6.17. The van der Waals surface area contributed by atoms with Crippen LogP contribution in [0.4, 0.5) is 0 Å². The van der Waals surface area contributed by atoms with Crippen LogP contribution in [0.2, 0.25) is 5.02 Å². The minimum absolute atomic E-state index is 0.0234. The van der Waals surface area contributed by atoms with Crippen molar-refractivity contribution in [2.24, 2.45) is 0 Å². The summed E-state index contributed by atoms with van der Waals surface area (Å²) in [4.78, 5) is 12.9. The van der Waals surface area contributed by atoms with Crippen LogP contribution >= 0.6 is 11.6 Å². The lowest BCUT2D eigenvalue weighted by Gasteiger charge is -2.42. The normalized spacial score (nSPS) is 24.4. The van der Waals surface area contributed by atoms with Gasteiger partial charge in [-0.05, 0) is 68.0 Å². The molecule has 0 radical (unpaired) electrons. The van der Waals surface area contributed by atoms with E-state index in [0.717, 1.165) is 53.5 Å². The second kappa shape index (κ2) is 5.83. The number of amides is 1. The number of hydrogen-bond acceptors (Lipinski definition) is 3. The van der Waals surface area contributed by atoms with Gasteiger partial charge in [-0.2, -0.15) is 0 Å². The zero-order valence-corrected chi connectivity index (χ0v) is 15.8. The van der Waals surface area contributed by atoms with E-state index >= 15 is 0 Å². The van der Waals surface area contributed by atoms with E-state index in [4.69, 9.17) is 21.1 Å². The quantitative estimate of drug-likeness (QED) is 0.824. The summed E-state index contributed by atoms with van der Waals surface area (Å²) in [5.41, 5.74) is 4.79. The minimum atomic E-state index is -0.425. The number of rotatable bonds is 1. The molecule has 1 saturated carbocycles. The maximum Gasteiger partial charge on any atom is 0.252 e. The SMILES string of the molecule is CC1=C(c2c(C)cc(Cl)cc2C)C(=O)NC12CCC1(CC2)OCCO1. The molecule has 0 atom stereocenters. The van der Waals surface area contributed by atoms with E-state index in [-0.39, 0.29) is 11.4 Å². The third-order valence-corrected chi connectivity index (χ3v) is 6.32. The fourth-order valence-electron chi connectivity index (χ4n) is 4.73. The zero-order chi connectivity index (χ0) is 17.8. The third kappa shape index (κ3) is 2.62. The van der Waals surface area contributed by atoms with E-state index in [0.29, 0.717) is 18.2 Å². The molecule has 4 nitrogen and oxygen atoms in total. The first-order chi connectivity index (χ1) is 11.9. The second-order valence-corrected chi connectivity index (χ2v) is 7.99. The number of benzene rings is 1. The van der Waals surface area contributed by atoms with Crippen molar-refractivity contribution in [2.45, 2.75) is 57.8 Å². The van der Waals surface area contributed by atoms with E-state index in [1.807, 2.05) is 26.0 Å². The van der Waals surface area contributed by atoms with Gasteiger partial charge < -0.3 is 14.8 Å². The molecule has 3 aliphatic rings. The Morgan fingerprint density at radius 3 is 2.12 bits per heavy atom. The number of carbonyl (C=O) groups excluding carboxylic acids is 1. The highest BCUT2D eigenvalue weighted by Gasteiger charge is 2.51. The van der Waals surface area contributed by atoms with Crippen LogP contribution in [0.25, 0.3) is 5.57 Å². The molecule has 5 heteroatoms. The largest absolute Gasteiger partial charge is 0.348 e. The Labute approximate surface area is 153 Å². The molecule has 1 amide bonds. The number of nitrogens with one attached hydrogen (secondary N) is 1. The molecule has 2 fully saturated rings. The van der Waals surface area contributed by atoms with E-state index < -0.39 is 5.79 Å². The predicted octanol–water partition coefficient (Wildman–Crippen LogP) is 3.92.